The number of halogens is 3. The molecule has 88 valence electrons. The SMILES string of the molecule is NCc1c(Br)ncc(CC(=O)O)c1C(F)F. The van der Waals surface area contributed by atoms with Gasteiger partial charge < -0.3 is 10.8 Å². The molecule has 0 aliphatic rings. The highest BCUT2D eigenvalue weighted by Gasteiger charge is 2.21. The molecule has 0 atom stereocenters. The molecular formula is C9H9BrF2N2O2. The molecule has 0 bridgehead atoms. The van der Waals surface area contributed by atoms with Crippen molar-refractivity contribution in [3.63, 3.8) is 0 Å². The number of carboxylic acids is 1. The fourth-order valence-corrected chi connectivity index (χ4v) is 1.83. The zero-order valence-electron chi connectivity index (χ0n) is 8.08. The van der Waals surface area contributed by atoms with Gasteiger partial charge in [0.15, 0.2) is 0 Å². The maximum atomic E-state index is 12.8. The smallest absolute Gasteiger partial charge is 0.307 e. The van der Waals surface area contributed by atoms with Crippen molar-refractivity contribution in [2.75, 3.05) is 0 Å². The molecule has 0 aromatic carbocycles. The largest absolute Gasteiger partial charge is 0.481 e. The van der Waals surface area contributed by atoms with Gasteiger partial charge in [-0.3, -0.25) is 4.79 Å². The van der Waals surface area contributed by atoms with Gasteiger partial charge in [-0.25, -0.2) is 13.8 Å². The van der Waals surface area contributed by atoms with Crippen LogP contribution >= 0.6 is 15.9 Å². The van der Waals surface area contributed by atoms with Crippen LogP contribution in [-0.2, 0) is 17.8 Å². The Balaban J connectivity index is 3.32. The Bertz CT molecular complexity index is 413. The van der Waals surface area contributed by atoms with Crippen molar-refractivity contribution in [1.82, 2.24) is 4.98 Å². The van der Waals surface area contributed by atoms with Crippen molar-refractivity contribution in [2.45, 2.75) is 19.4 Å². The number of carboxylic acid groups (broad SMARTS) is 1. The first-order valence-corrected chi connectivity index (χ1v) is 5.12. The summed E-state index contributed by atoms with van der Waals surface area (Å²) < 4.78 is 25.8. The van der Waals surface area contributed by atoms with Crippen LogP contribution in [0.5, 0.6) is 0 Å². The Labute approximate surface area is 98.6 Å². The molecule has 3 N–H and O–H groups in total. The summed E-state index contributed by atoms with van der Waals surface area (Å²) >= 11 is 3.00. The highest BCUT2D eigenvalue weighted by molar-refractivity contribution is 9.10. The minimum atomic E-state index is -2.77. The van der Waals surface area contributed by atoms with Crippen LogP contribution in [0.25, 0.3) is 0 Å². The first kappa shape index (κ1) is 13.0. The molecule has 16 heavy (non-hydrogen) atoms. The van der Waals surface area contributed by atoms with E-state index in [9.17, 15) is 13.6 Å². The Morgan fingerprint density at radius 3 is 2.69 bits per heavy atom. The van der Waals surface area contributed by atoms with E-state index < -0.39 is 18.8 Å². The van der Waals surface area contributed by atoms with E-state index in [1.165, 1.54) is 0 Å². The van der Waals surface area contributed by atoms with E-state index in [0.717, 1.165) is 6.20 Å². The fourth-order valence-electron chi connectivity index (χ4n) is 1.36. The van der Waals surface area contributed by atoms with Crippen LogP contribution in [0.3, 0.4) is 0 Å². The van der Waals surface area contributed by atoms with Gasteiger partial charge in [0.2, 0.25) is 0 Å². The number of hydrogen-bond donors (Lipinski definition) is 2. The summed E-state index contributed by atoms with van der Waals surface area (Å²) in [5.74, 6) is -1.19. The molecule has 1 aromatic heterocycles. The fraction of sp³-hybridized carbons (Fsp3) is 0.333. The summed E-state index contributed by atoms with van der Waals surface area (Å²) in [7, 11) is 0. The van der Waals surface area contributed by atoms with E-state index in [1.807, 2.05) is 0 Å². The van der Waals surface area contributed by atoms with Gasteiger partial charge in [0.05, 0.1) is 6.42 Å². The van der Waals surface area contributed by atoms with Gasteiger partial charge in [-0.05, 0) is 21.5 Å². The molecule has 0 aliphatic carbocycles. The predicted octanol–water partition coefficient (Wildman–Crippen LogP) is 1.87. The van der Waals surface area contributed by atoms with Gasteiger partial charge in [0.1, 0.15) is 4.60 Å². The summed E-state index contributed by atoms with van der Waals surface area (Å²) in [6.07, 6.45) is -2.14. The molecule has 0 aliphatic heterocycles. The molecule has 0 fully saturated rings. The van der Waals surface area contributed by atoms with Crippen LogP contribution in [0.1, 0.15) is 23.1 Å². The van der Waals surface area contributed by atoms with Gasteiger partial charge in [0, 0.05) is 23.9 Å². The van der Waals surface area contributed by atoms with Crippen LogP contribution < -0.4 is 5.73 Å². The van der Waals surface area contributed by atoms with Crippen LogP contribution in [0.2, 0.25) is 0 Å². The number of hydrogen-bond acceptors (Lipinski definition) is 3. The van der Waals surface area contributed by atoms with Crippen molar-refractivity contribution < 1.29 is 18.7 Å². The van der Waals surface area contributed by atoms with Crippen LogP contribution in [0, 0.1) is 0 Å². The number of alkyl halides is 2. The van der Waals surface area contributed by atoms with Gasteiger partial charge >= 0.3 is 5.97 Å². The first-order valence-electron chi connectivity index (χ1n) is 4.33. The van der Waals surface area contributed by atoms with E-state index >= 15 is 0 Å². The van der Waals surface area contributed by atoms with Crippen molar-refractivity contribution in [1.29, 1.82) is 0 Å². The minimum absolute atomic E-state index is 0.00819. The lowest BCUT2D eigenvalue weighted by Crippen LogP contribution is -2.11. The molecule has 0 spiro atoms. The molecule has 7 heteroatoms. The van der Waals surface area contributed by atoms with E-state index in [4.69, 9.17) is 10.8 Å². The number of carbonyl (C=O) groups is 1. The molecule has 0 saturated carbocycles. The van der Waals surface area contributed by atoms with Gasteiger partial charge in [-0.1, -0.05) is 0 Å². The standard InChI is InChI=1S/C9H9BrF2N2O2/c10-8-5(2-13)7(9(11)12)4(3-14-8)1-6(15)16/h3,9H,1-2,13H2,(H,15,16). The second-order valence-electron chi connectivity index (χ2n) is 3.04. The lowest BCUT2D eigenvalue weighted by Gasteiger charge is -2.12. The lowest BCUT2D eigenvalue weighted by molar-refractivity contribution is -0.136. The lowest BCUT2D eigenvalue weighted by atomic mass is 10.0. The van der Waals surface area contributed by atoms with Crippen LogP contribution in [0.15, 0.2) is 10.8 Å². The third-order valence-electron chi connectivity index (χ3n) is 2.02. The number of aromatic nitrogens is 1. The average molecular weight is 295 g/mol. The number of nitrogens with zero attached hydrogens (tertiary/aromatic N) is 1. The molecule has 0 saturated heterocycles. The Hall–Kier alpha value is -1.08. The Morgan fingerprint density at radius 2 is 2.25 bits per heavy atom. The van der Waals surface area contributed by atoms with Gasteiger partial charge in [0.25, 0.3) is 6.43 Å². The normalized spacial score (nSPS) is 10.8. The second kappa shape index (κ2) is 5.31. The zero-order chi connectivity index (χ0) is 12.3. The molecule has 1 aromatic rings. The van der Waals surface area contributed by atoms with E-state index in [1.54, 1.807) is 0 Å². The number of nitrogens with two attached hydrogens (primary N) is 1. The summed E-state index contributed by atoms with van der Waals surface area (Å²) in [6.45, 7) is -0.124. The van der Waals surface area contributed by atoms with Crippen LogP contribution in [0.4, 0.5) is 8.78 Å². The van der Waals surface area contributed by atoms with Gasteiger partial charge in [-0.15, -0.1) is 0 Å². The summed E-state index contributed by atoms with van der Waals surface area (Å²) in [4.78, 5) is 14.3. The topological polar surface area (TPSA) is 76.2 Å². The minimum Gasteiger partial charge on any atom is -0.481 e. The highest BCUT2D eigenvalue weighted by atomic mass is 79.9. The molecule has 0 radical (unpaired) electrons. The maximum Gasteiger partial charge on any atom is 0.307 e. The van der Waals surface area contributed by atoms with E-state index in [-0.39, 0.29) is 27.8 Å². The molecule has 1 rings (SSSR count). The molecule has 1 heterocycles. The number of pyridine rings is 1. The average Bonchev–Trinajstić information content (AvgIpc) is 2.18. The van der Waals surface area contributed by atoms with Crippen molar-refractivity contribution in [2.24, 2.45) is 5.73 Å². The molecule has 4 nitrogen and oxygen atoms in total. The van der Waals surface area contributed by atoms with Crippen molar-refractivity contribution in [3.05, 3.63) is 27.5 Å². The third-order valence-corrected chi connectivity index (χ3v) is 2.70. The maximum absolute atomic E-state index is 12.8. The summed E-state index contributed by atoms with van der Waals surface area (Å²) in [5.41, 5.74) is 5.14. The Morgan fingerprint density at radius 1 is 1.62 bits per heavy atom. The molecule has 0 amide bonds. The number of rotatable bonds is 4. The van der Waals surface area contributed by atoms with E-state index in [2.05, 4.69) is 20.9 Å². The van der Waals surface area contributed by atoms with Gasteiger partial charge in [-0.2, -0.15) is 0 Å². The first-order chi connectivity index (χ1) is 7.47. The number of aliphatic carboxylic acids is 1. The molecule has 0 unspecified atom stereocenters. The van der Waals surface area contributed by atoms with Crippen LogP contribution in [-0.4, -0.2) is 16.1 Å². The highest BCUT2D eigenvalue weighted by Crippen LogP contribution is 2.30. The van der Waals surface area contributed by atoms with Crippen molar-refractivity contribution in [3.8, 4) is 0 Å². The summed E-state index contributed by atoms with van der Waals surface area (Å²) in [5, 5.41) is 8.59. The second-order valence-corrected chi connectivity index (χ2v) is 3.79. The summed E-state index contributed by atoms with van der Waals surface area (Å²) in [6, 6.07) is 0. The third kappa shape index (κ3) is 2.73. The Kier molecular flexibility index (Phi) is 4.31. The van der Waals surface area contributed by atoms with Crippen molar-refractivity contribution >= 4 is 21.9 Å². The van der Waals surface area contributed by atoms with E-state index in [0.29, 0.717) is 0 Å². The quantitative estimate of drug-likeness (QED) is 0.831. The monoisotopic (exact) mass is 294 g/mol. The predicted molar refractivity (Wildman–Crippen MR) is 56.1 cm³/mol. The molecular weight excluding hydrogens is 286 g/mol. The zero-order valence-corrected chi connectivity index (χ0v) is 9.67.